The molecule has 1 N–H and O–H groups in total. The number of aromatic nitrogens is 2. The van der Waals surface area contributed by atoms with E-state index in [1.165, 1.54) is 18.7 Å². The Morgan fingerprint density at radius 1 is 1.54 bits per heavy atom. The Bertz CT molecular complexity index is 366. The number of nitrogens with one attached hydrogen (secondary N) is 1. The molecular weight excluding hydrogens is 190 g/mol. The normalized spacial score (nSPS) is 17.5. The molecule has 1 aliphatic carbocycles. The molecule has 5 nitrogen and oxygen atoms in total. The van der Waals surface area contributed by atoms with E-state index in [2.05, 4.69) is 9.71 Å². The zero-order valence-electron chi connectivity index (χ0n) is 7.05. The Morgan fingerprint density at radius 2 is 2.31 bits per heavy atom. The van der Waals surface area contributed by atoms with Gasteiger partial charge in [-0.2, -0.15) is 13.1 Å². The van der Waals surface area contributed by atoms with E-state index in [0.717, 1.165) is 16.8 Å². The molecule has 1 aromatic rings. The number of rotatable bonds is 4. The zero-order chi connectivity index (χ0) is 9.31. The van der Waals surface area contributed by atoms with Crippen LogP contribution in [-0.2, 0) is 10.2 Å². The SMILES string of the molecule is O=S(=O)(NCC1CC1)n1ccnc1. The standard InChI is InChI=1S/C7H11N3O2S/c11-13(12,9-5-7-1-2-7)10-4-3-8-6-10/h3-4,6-7,9H,1-2,5H2. The molecule has 6 heteroatoms. The van der Waals surface area contributed by atoms with E-state index in [9.17, 15) is 8.42 Å². The van der Waals surface area contributed by atoms with Gasteiger partial charge >= 0.3 is 10.2 Å². The van der Waals surface area contributed by atoms with Crippen LogP contribution in [0.5, 0.6) is 0 Å². The summed E-state index contributed by atoms with van der Waals surface area (Å²) in [6, 6.07) is 0. The van der Waals surface area contributed by atoms with Crippen molar-refractivity contribution in [1.29, 1.82) is 0 Å². The van der Waals surface area contributed by atoms with E-state index >= 15 is 0 Å². The van der Waals surface area contributed by atoms with Crippen LogP contribution in [0.1, 0.15) is 12.8 Å². The second kappa shape index (κ2) is 3.12. The van der Waals surface area contributed by atoms with E-state index < -0.39 is 10.2 Å². The second-order valence-electron chi connectivity index (χ2n) is 3.19. The Hall–Kier alpha value is -0.880. The summed E-state index contributed by atoms with van der Waals surface area (Å²) in [5.41, 5.74) is 0. The van der Waals surface area contributed by atoms with Gasteiger partial charge < -0.3 is 0 Å². The third-order valence-electron chi connectivity index (χ3n) is 2.01. The molecule has 0 aromatic carbocycles. The van der Waals surface area contributed by atoms with Crippen molar-refractivity contribution in [2.75, 3.05) is 6.54 Å². The van der Waals surface area contributed by atoms with Gasteiger partial charge in [-0.15, -0.1) is 0 Å². The summed E-state index contributed by atoms with van der Waals surface area (Å²) in [5.74, 6) is 0.540. The lowest BCUT2D eigenvalue weighted by atomic mass is 10.4. The van der Waals surface area contributed by atoms with Crippen molar-refractivity contribution in [2.45, 2.75) is 12.8 Å². The molecule has 72 valence electrons. The maximum Gasteiger partial charge on any atom is 0.306 e. The molecule has 0 radical (unpaired) electrons. The highest BCUT2D eigenvalue weighted by Crippen LogP contribution is 2.27. The van der Waals surface area contributed by atoms with Crippen molar-refractivity contribution in [3.63, 3.8) is 0 Å². The Kier molecular flexibility index (Phi) is 2.09. The van der Waals surface area contributed by atoms with E-state index in [1.54, 1.807) is 0 Å². The molecule has 0 atom stereocenters. The lowest BCUT2D eigenvalue weighted by Crippen LogP contribution is -2.30. The maximum atomic E-state index is 11.4. The van der Waals surface area contributed by atoms with Crippen LogP contribution in [0.2, 0.25) is 0 Å². The predicted octanol–water partition coefficient (Wildman–Crippen LogP) is -0.0244. The zero-order valence-corrected chi connectivity index (χ0v) is 7.87. The van der Waals surface area contributed by atoms with Crippen molar-refractivity contribution in [2.24, 2.45) is 5.92 Å². The fourth-order valence-electron chi connectivity index (χ4n) is 1.01. The quantitative estimate of drug-likeness (QED) is 0.744. The third-order valence-corrected chi connectivity index (χ3v) is 3.31. The van der Waals surface area contributed by atoms with Crippen LogP contribution in [0.4, 0.5) is 0 Å². The van der Waals surface area contributed by atoms with Gasteiger partial charge in [-0.1, -0.05) is 0 Å². The van der Waals surface area contributed by atoms with Gasteiger partial charge in [0.2, 0.25) is 0 Å². The molecule has 2 rings (SSSR count). The highest BCUT2D eigenvalue weighted by molar-refractivity contribution is 7.87. The van der Waals surface area contributed by atoms with Crippen molar-refractivity contribution in [3.05, 3.63) is 18.7 Å². The summed E-state index contributed by atoms with van der Waals surface area (Å²) < 4.78 is 26.5. The molecule has 0 unspecified atom stereocenters. The minimum atomic E-state index is -3.37. The number of nitrogens with zero attached hydrogens (tertiary/aromatic N) is 2. The van der Waals surface area contributed by atoms with Crippen molar-refractivity contribution in [1.82, 2.24) is 13.7 Å². The third kappa shape index (κ3) is 2.07. The lowest BCUT2D eigenvalue weighted by molar-refractivity contribution is 0.568. The second-order valence-corrected chi connectivity index (χ2v) is 4.85. The first-order chi connectivity index (χ1) is 6.18. The molecule has 0 spiro atoms. The van der Waals surface area contributed by atoms with Gasteiger partial charge in [0.1, 0.15) is 6.33 Å². The van der Waals surface area contributed by atoms with Crippen molar-refractivity contribution < 1.29 is 8.42 Å². The minimum Gasteiger partial charge on any atom is -0.244 e. The fraction of sp³-hybridized carbons (Fsp3) is 0.571. The summed E-state index contributed by atoms with van der Waals surface area (Å²) in [4.78, 5) is 3.67. The molecule has 0 amide bonds. The van der Waals surface area contributed by atoms with Gasteiger partial charge in [0, 0.05) is 18.9 Å². The molecular formula is C7H11N3O2S. The number of hydrogen-bond donors (Lipinski definition) is 1. The summed E-state index contributed by atoms with van der Waals surface area (Å²) in [6.07, 6.45) is 6.39. The van der Waals surface area contributed by atoms with Crippen LogP contribution in [0.3, 0.4) is 0 Å². The summed E-state index contributed by atoms with van der Waals surface area (Å²) >= 11 is 0. The van der Waals surface area contributed by atoms with Crippen LogP contribution in [0, 0.1) is 5.92 Å². The first-order valence-electron chi connectivity index (χ1n) is 4.16. The largest absolute Gasteiger partial charge is 0.306 e. The van der Waals surface area contributed by atoms with Gasteiger partial charge in [-0.05, 0) is 18.8 Å². The molecule has 1 fully saturated rings. The highest BCUT2D eigenvalue weighted by atomic mass is 32.2. The Labute approximate surface area is 77.0 Å². The van der Waals surface area contributed by atoms with Crippen molar-refractivity contribution >= 4 is 10.2 Å². The van der Waals surface area contributed by atoms with E-state index in [4.69, 9.17) is 0 Å². The monoisotopic (exact) mass is 201 g/mol. The van der Waals surface area contributed by atoms with Gasteiger partial charge in [-0.25, -0.2) is 8.96 Å². The van der Waals surface area contributed by atoms with Crippen LogP contribution in [-0.4, -0.2) is 23.9 Å². The summed E-state index contributed by atoms with van der Waals surface area (Å²) in [7, 11) is -3.37. The Morgan fingerprint density at radius 3 is 2.85 bits per heavy atom. The lowest BCUT2D eigenvalue weighted by Gasteiger charge is -2.04. The summed E-state index contributed by atoms with van der Waals surface area (Å²) in [6.45, 7) is 0.542. The molecule has 0 saturated heterocycles. The highest BCUT2D eigenvalue weighted by Gasteiger charge is 2.23. The van der Waals surface area contributed by atoms with E-state index in [-0.39, 0.29) is 0 Å². The smallest absolute Gasteiger partial charge is 0.244 e. The van der Waals surface area contributed by atoms with Crippen molar-refractivity contribution in [3.8, 4) is 0 Å². The van der Waals surface area contributed by atoms with Crippen LogP contribution in [0.15, 0.2) is 18.7 Å². The topological polar surface area (TPSA) is 64.0 Å². The molecule has 1 saturated carbocycles. The molecule has 0 bridgehead atoms. The molecule has 1 aliphatic rings. The van der Waals surface area contributed by atoms with E-state index in [0.29, 0.717) is 12.5 Å². The number of imidazole rings is 1. The van der Waals surface area contributed by atoms with Gasteiger partial charge in [-0.3, -0.25) is 0 Å². The summed E-state index contributed by atoms with van der Waals surface area (Å²) in [5, 5.41) is 0. The minimum absolute atomic E-state index is 0.540. The maximum absolute atomic E-state index is 11.4. The van der Waals surface area contributed by atoms with Crippen LogP contribution >= 0.6 is 0 Å². The van der Waals surface area contributed by atoms with E-state index in [1.807, 2.05) is 0 Å². The average molecular weight is 201 g/mol. The van der Waals surface area contributed by atoms with Crippen LogP contribution < -0.4 is 4.72 Å². The molecule has 1 aromatic heterocycles. The predicted molar refractivity (Wildman–Crippen MR) is 47.3 cm³/mol. The first-order valence-corrected chi connectivity index (χ1v) is 5.60. The van der Waals surface area contributed by atoms with Gasteiger partial charge in [0.25, 0.3) is 0 Å². The molecule has 0 aliphatic heterocycles. The average Bonchev–Trinajstić information content (AvgIpc) is 2.74. The van der Waals surface area contributed by atoms with Gasteiger partial charge in [0.05, 0.1) is 0 Å². The molecule has 1 heterocycles. The Balaban J connectivity index is 2.02. The first kappa shape index (κ1) is 8.71. The van der Waals surface area contributed by atoms with Gasteiger partial charge in [0.15, 0.2) is 0 Å². The number of hydrogen-bond acceptors (Lipinski definition) is 3. The van der Waals surface area contributed by atoms with Crippen LogP contribution in [0.25, 0.3) is 0 Å². The molecule has 13 heavy (non-hydrogen) atoms. The fourth-order valence-corrected chi connectivity index (χ4v) is 2.00.